The second-order valence-electron chi connectivity index (χ2n) is 5.82. The summed E-state index contributed by atoms with van der Waals surface area (Å²) in [7, 11) is 0. The SMILES string of the molecule is CC(=O)Nc1cccc([C@H](C)N[C@@H](C)c2cccc(CO)c2)c1. The van der Waals surface area contributed by atoms with Crippen LogP contribution >= 0.6 is 0 Å². The molecule has 0 aliphatic rings. The van der Waals surface area contributed by atoms with E-state index in [1.165, 1.54) is 6.92 Å². The molecule has 0 aromatic heterocycles. The van der Waals surface area contributed by atoms with Crippen molar-refractivity contribution in [3.8, 4) is 0 Å². The van der Waals surface area contributed by atoms with Gasteiger partial charge in [0.15, 0.2) is 0 Å². The molecule has 0 saturated heterocycles. The van der Waals surface area contributed by atoms with Crippen molar-refractivity contribution in [3.05, 3.63) is 65.2 Å². The van der Waals surface area contributed by atoms with Gasteiger partial charge in [0.1, 0.15) is 0 Å². The number of benzene rings is 2. The maximum Gasteiger partial charge on any atom is 0.221 e. The van der Waals surface area contributed by atoms with Gasteiger partial charge in [-0.2, -0.15) is 0 Å². The molecule has 3 N–H and O–H groups in total. The Bertz CT molecular complexity index is 670. The van der Waals surface area contributed by atoms with Crippen LogP contribution in [0.25, 0.3) is 0 Å². The van der Waals surface area contributed by atoms with Gasteiger partial charge in [0, 0.05) is 24.7 Å². The van der Waals surface area contributed by atoms with Gasteiger partial charge in [-0.25, -0.2) is 0 Å². The number of aliphatic hydroxyl groups excluding tert-OH is 1. The van der Waals surface area contributed by atoms with Crippen LogP contribution in [0.2, 0.25) is 0 Å². The third-order valence-electron chi connectivity index (χ3n) is 3.84. The third kappa shape index (κ3) is 4.91. The Morgan fingerprint density at radius 2 is 1.65 bits per heavy atom. The first-order valence-electron chi connectivity index (χ1n) is 7.83. The second-order valence-corrected chi connectivity index (χ2v) is 5.82. The molecular formula is C19H24N2O2. The predicted molar refractivity (Wildman–Crippen MR) is 93.1 cm³/mol. The van der Waals surface area contributed by atoms with Crippen LogP contribution < -0.4 is 10.6 Å². The number of hydrogen-bond donors (Lipinski definition) is 3. The fourth-order valence-electron chi connectivity index (χ4n) is 2.62. The zero-order chi connectivity index (χ0) is 16.8. The van der Waals surface area contributed by atoms with E-state index < -0.39 is 0 Å². The largest absolute Gasteiger partial charge is 0.392 e. The van der Waals surface area contributed by atoms with Gasteiger partial charge in [-0.05, 0) is 42.7 Å². The van der Waals surface area contributed by atoms with E-state index in [0.29, 0.717) is 0 Å². The van der Waals surface area contributed by atoms with Crippen molar-refractivity contribution in [2.24, 2.45) is 0 Å². The zero-order valence-electron chi connectivity index (χ0n) is 13.8. The molecule has 23 heavy (non-hydrogen) atoms. The van der Waals surface area contributed by atoms with E-state index in [1.807, 2.05) is 42.5 Å². The first kappa shape index (κ1) is 17.2. The molecule has 0 aliphatic carbocycles. The quantitative estimate of drug-likeness (QED) is 0.764. The molecule has 4 heteroatoms. The number of nitrogens with one attached hydrogen (secondary N) is 2. The lowest BCUT2D eigenvalue weighted by Crippen LogP contribution is -2.22. The molecule has 122 valence electrons. The monoisotopic (exact) mass is 312 g/mol. The van der Waals surface area contributed by atoms with Crippen LogP contribution in [0.4, 0.5) is 5.69 Å². The highest BCUT2D eigenvalue weighted by Gasteiger charge is 2.12. The Morgan fingerprint density at radius 1 is 1.04 bits per heavy atom. The second kappa shape index (κ2) is 7.90. The first-order chi connectivity index (χ1) is 11.0. The van der Waals surface area contributed by atoms with Crippen molar-refractivity contribution in [2.45, 2.75) is 39.5 Å². The van der Waals surface area contributed by atoms with E-state index in [1.54, 1.807) is 0 Å². The van der Waals surface area contributed by atoms with E-state index in [0.717, 1.165) is 22.4 Å². The van der Waals surface area contributed by atoms with Crippen molar-refractivity contribution in [3.63, 3.8) is 0 Å². The van der Waals surface area contributed by atoms with Crippen LogP contribution in [-0.4, -0.2) is 11.0 Å². The minimum absolute atomic E-state index is 0.0505. The van der Waals surface area contributed by atoms with Crippen LogP contribution in [0.1, 0.15) is 49.5 Å². The standard InChI is InChI=1S/C19H24N2O2/c1-13(17-7-4-6-16(10-17)12-22)20-14(2)18-8-5-9-19(11-18)21-15(3)23/h4-11,13-14,20,22H,12H2,1-3H3,(H,21,23)/t13-,14-/m0/s1. The summed E-state index contributed by atoms with van der Waals surface area (Å²) in [5, 5.41) is 15.6. The van der Waals surface area contributed by atoms with Crippen LogP contribution in [0.5, 0.6) is 0 Å². The number of carbonyl (C=O) groups excluding carboxylic acids is 1. The van der Waals surface area contributed by atoms with Gasteiger partial charge in [0.25, 0.3) is 0 Å². The molecule has 0 bridgehead atoms. The molecule has 2 aromatic carbocycles. The van der Waals surface area contributed by atoms with Gasteiger partial charge in [-0.15, -0.1) is 0 Å². The van der Waals surface area contributed by atoms with E-state index in [2.05, 4.69) is 30.5 Å². The molecule has 0 fully saturated rings. The molecule has 4 nitrogen and oxygen atoms in total. The van der Waals surface area contributed by atoms with Gasteiger partial charge in [0.2, 0.25) is 5.91 Å². The highest BCUT2D eigenvalue weighted by molar-refractivity contribution is 5.88. The number of carbonyl (C=O) groups is 1. The maximum atomic E-state index is 11.2. The third-order valence-corrected chi connectivity index (χ3v) is 3.84. The van der Waals surface area contributed by atoms with Gasteiger partial charge < -0.3 is 15.7 Å². The number of amides is 1. The minimum Gasteiger partial charge on any atom is -0.392 e. The maximum absolute atomic E-state index is 11.2. The molecule has 0 spiro atoms. The summed E-state index contributed by atoms with van der Waals surface area (Å²) in [5.74, 6) is -0.0723. The van der Waals surface area contributed by atoms with Gasteiger partial charge in [-0.1, -0.05) is 36.4 Å². The predicted octanol–water partition coefficient (Wildman–Crippen LogP) is 3.55. The van der Waals surface area contributed by atoms with Crippen LogP contribution in [0.3, 0.4) is 0 Å². The highest BCUT2D eigenvalue weighted by Crippen LogP contribution is 2.22. The minimum atomic E-state index is -0.0723. The summed E-state index contributed by atoms with van der Waals surface area (Å²) in [6.45, 7) is 5.75. The summed E-state index contributed by atoms with van der Waals surface area (Å²) >= 11 is 0. The molecule has 0 radical (unpaired) electrons. The first-order valence-corrected chi connectivity index (χ1v) is 7.83. The Balaban J connectivity index is 2.08. The van der Waals surface area contributed by atoms with Crippen molar-refractivity contribution in [1.29, 1.82) is 0 Å². The lowest BCUT2D eigenvalue weighted by molar-refractivity contribution is -0.114. The molecule has 2 aromatic rings. The molecule has 0 unspecified atom stereocenters. The van der Waals surface area contributed by atoms with Gasteiger partial charge in [0.05, 0.1) is 6.61 Å². The Labute approximate surface area is 137 Å². The van der Waals surface area contributed by atoms with Crippen molar-refractivity contribution in [2.75, 3.05) is 5.32 Å². The average molecular weight is 312 g/mol. The molecular weight excluding hydrogens is 288 g/mol. The van der Waals surface area contributed by atoms with E-state index in [9.17, 15) is 9.90 Å². The Hall–Kier alpha value is -2.17. The molecule has 1 amide bonds. The summed E-state index contributed by atoms with van der Waals surface area (Å²) in [6, 6.07) is 16.1. The van der Waals surface area contributed by atoms with E-state index in [-0.39, 0.29) is 24.6 Å². The summed E-state index contributed by atoms with van der Waals surface area (Å²) in [5.41, 5.74) is 3.97. The summed E-state index contributed by atoms with van der Waals surface area (Å²) < 4.78 is 0. The Morgan fingerprint density at radius 3 is 2.26 bits per heavy atom. The lowest BCUT2D eigenvalue weighted by atomic mass is 10.0. The average Bonchev–Trinajstić information content (AvgIpc) is 2.54. The number of anilines is 1. The zero-order valence-corrected chi connectivity index (χ0v) is 13.8. The van der Waals surface area contributed by atoms with Crippen LogP contribution in [0.15, 0.2) is 48.5 Å². The molecule has 0 aliphatic heterocycles. The lowest BCUT2D eigenvalue weighted by Gasteiger charge is -2.21. The summed E-state index contributed by atoms with van der Waals surface area (Å²) in [4.78, 5) is 11.2. The molecule has 0 heterocycles. The van der Waals surface area contributed by atoms with Crippen molar-refractivity contribution in [1.82, 2.24) is 5.32 Å². The van der Waals surface area contributed by atoms with Gasteiger partial charge in [-0.3, -0.25) is 4.79 Å². The summed E-state index contributed by atoms with van der Waals surface area (Å²) in [6.07, 6.45) is 0. The highest BCUT2D eigenvalue weighted by atomic mass is 16.3. The van der Waals surface area contributed by atoms with Crippen molar-refractivity contribution < 1.29 is 9.90 Å². The topological polar surface area (TPSA) is 61.4 Å². The normalized spacial score (nSPS) is 13.4. The van der Waals surface area contributed by atoms with E-state index >= 15 is 0 Å². The fraction of sp³-hybridized carbons (Fsp3) is 0.316. The van der Waals surface area contributed by atoms with E-state index in [4.69, 9.17) is 0 Å². The number of aliphatic hydroxyl groups is 1. The molecule has 2 rings (SSSR count). The van der Waals surface area contributed by atoms with Crippen molar-refractivity contribution >= 4 is 11.6 Å². The van der Waals surface area contributed by atoms with Gasteiger partial charge >= 0.3 is 0 Å². The molecule has 0 saturated carbocycles. The Kier molecular flexibility index (Phi) is 5.90. The number of rotatable bonds is 6. The number of hydrogen-bond acceptors (Lipinski definition) is 3. The smallest absolute Gasteiger partial charge is 0.221 e. The fourth-order valence-corrected chi connectivity index (χ4v) is 2.62. The molecule has 2 atom stereocenters. The van der Waals surface area contributed by atoms with Crippen LogP contribution in [0, 0.1) is 0 Å². The van der Waals surface area contributed by atoms with Crippen LogP contribution in [-0.2, 0) is 11.4 Å².